The standard InChI is InChI=1S/C14H20O/c1-4-12-9-7-8-10-13(12)11-15-14(5-2)6-3/h5,7-10H,4,6,11H2,1-3H3/b14-5+. The van der Waals surface area contributed by atoms with E-state index in [1.54, 1.807) is 0 Å². The lowest BCUT2D eigenvalue weighted by atomic mass is 10.1. The summed E-state index contributed by atoms with van der Waals surface area (Å²) >= 11 is 0. The maximum absolute atomic E-state index is 5.73. The molecule has 0 saturated carbocycles. The fourth-order valence-electron chi connectivity index (χ4n) is 1.60. The van der Waals surface area contributed by atoms with Crippen molar-refractivity contribution >= 4 is 0 Å². The van der Waals surface area contributed by atoms with E-state index in [-0.39, 0.29) is 0 Å². The Morgan fingerprint density at radius 3 is 2.40 bits per heavy atom. The molecule has 0 fully saturated rings. The predicted molar refractivity (Wildman–Crippen MR) is 64.7 cm³/mol. The Morgan fingerprint density at radius 2 is 1.87 bits per heavy atom. The minimum atomic E-state index is 0.692. The van der Waals surface area contributed by atoms with E-state index in [4.69, 9.17) is 4.74 Å². The zero-order valence-corrected chi connectivity index (χ0v) is 9.92. The third-order valence-corrected chi connectivity index (χ3v) is 2.58. The Balaban J connectivity index is 2.64. The Labute approximate surface area is 92.8 Å². The molecule has 0 aliphatic heterocycles. The van der Waals surface area contributed by atoms with Gasteiger partial charge in [0.15, 0.2) is 0 Å². The van der Waals surface area contributed by atoms with Crippen LogP contribution in [0.1, 0.15) is 38.3 Å². The highest BCUT2D eigenvalue weighted by atomic mass is 16.5. The smallest absolute Gasteiger partial charge is 0.113 e. The van der Waals surface area contributed by atoms with Gasteiger partial charge in [0.2, 0.25) is 0 Å². The molecule has 0 atom stereocenters. The Hall–Kier alpha value is -1.24. The summed E-state index contributed by atoms with van der Waals surface area (Å²) in [4.78, 5) is 0. The van der Waals surface area contributed by atoms with Gasteiger partial charge in [0.1, 0.15) is 6.61 Å². The van der Waals surface area contributed by atoms with Crippen LogP contribution in [0, 0.1) is 0 Å². The maximum atomic E-state index is 5.73. The summed E-state index contributed by atoms with van der Waals surface area (Å²) in [5.41, 5.74) is 2.68. The lowest BCUT2D eigenvalue weighted by molar-refractivity contribution is 0.190. The monoisotopic (exact) mass is 204 g/mol. The van der Waals surface area contributed by atoms with E-state index in [1.807, 2.05) is 13.0 Å². The summed E-state index contributed by atoms with van der Waals surface area (Å²) < 4.78 is 5.73. The summed E-state index contributed by atoms with van der Waals surface area (Å²) in [5.74, 6) is 1.07. The molecule has 1 heteroatoms. The lowest BCUT2D eigenvalue weighted by Crippen LogP contribution is -1.97. The normalized spacial score (nSPS) is 11.5. The molecule has 0 unspecified atom stereocenters. The summed E-state index contributed by atoms with van der Waals surface area (Å²) in [6, 6.07) is 8.46. The van der Waals surface area contributed by atoms with Crippen LogP contribution in [-0.2, 0) is 17.8 Å². The number of ether oxygens (including phenoxy) is 1. The van der Waals surface area contributed by atoms with Crippen LogP contribution in [0.3, 0.4) is 0 Å². The first-order valence-electron chi connectivity index (χ1n) is 5.66. The summed E-state index contributed by atoms with van der Waals surface area (Å²) in [6.45, 7) is 7.00. The third kappa shape index (κ3) is 3.43. The SMILES string of the molecule is C/C=C(\CC)OCc1ccccc1CC. The molecule has 0 heterocycles. The van der Waals surface area contributed by atoms with Crippen molar-refractivity contribution in [2.75, 3.05) is 0 Å². The average Bonchev–Trinajstić information content (AvgIpc) is 2.31. The van der Waals surface area contributed by atoms with Crippen molar-refractivity contribution in [3.8, 4) is 0 Å². The topological polar surface area (TPSA) is 9.23 Å². The van der Waals surface area contributed by atoms with Crippen molar-refractivity contribution in [1.29, 1.82) is 0 Å². The van der Waals surface area contributed by atoms with E-state index in [0.29, 0.717) is 6.61 Å². The molecule has 0 aromatic heterocycles. The summed E-state index contributed by atoms with van der Waals surface area (Å²) in [5, 5.41) is 0. The van der Waals surface area contributed by atoms with Crippen molar-refractivity contribution in [3.63, 3.8) is 0 Å². The van der Waals surface area contributed by atoms with Crippen LogP contribution in [0.15, 0.2) is 36.1 Å². The summed E-state index contributed by atoms with van der Waals surface area (Å²) in [7, 11) is 0. The van der Waals surface area contributed by atoms with Crippen molar-refractivity contribution in [2.45, 2.75) is 40.2 Å². The van der Waals surface area contributed by atoms with Gasteiger partial charge in [-0.1, -0.05) is 38.1 Å². The lowest BCUT2D eigenvalue weighted by Gasteiger charge is -2.11. The van der Waals surface area contributed by atoms with Gasteiger partial charge in [-0.3, -0.25) is 0 Å². The molecular formula is C14H20O. The first-order valence-corrected chi connectivity index (χ1v) is 5.66. The van der Waals surface area contributed by atoms with Crippen LogP contribution in [0.2, 0.25) is 0 Å². The maximum Gasteiger partial charge on any atom is 0.113 e. The van der Waals surface area contributed by atoms with Gasteiger partial charge in [-0.2, -0.15) is 0 Å². The predicted octanol–water partition coefficient (Wildman–Crippen LogP) is 4.08. The molecule has 0 N–H and O–H groups in total. The molecule has 1 nitrogen and oxygen atoms in total. The van der Waals surface area contributed by atoms with Crippen LogP contribution in [0.5, 0.6) is 0 Å². The van der Waals surface area contributed by atoms with E-state index in [9.17, 15) is 0 Å². The molecule has 0 bridgehead atoms. The van der Waals surface area contributed by atoms with Crippen LogP contribution in [-0.4, -0.2) is 0 Å². The molecular weight excluding hydrogens is 184 g/mol. The molecule has 0 amide bonds. The van der Waals surface area contributed by atoms with Crippen LogP contribution >= 0.6 is 0 Å². The van der Waals surface area contributed by atoms with Crippen molar-refractivity contribution < 1.29 is 4.74 Å². The van der Waals surface area contributed by atoms with Gasteiger partial charge in [0.05, 0.1) is 5.76 Å². The first kappa shape index (κ1) is 11.8. The zero-order valence-electron chi connectivity index (χ0n) is 9.92. The highest BCUT2D eigenvalue weighted by Crippen LogP contribution is 2.13. The minimum absolute atomic E-state index is 0.692. The van der Waals surface area contributed by atoms with E-state index < -0.39 is 0 Å². The molecule has 1 aromatic carbocycles. The van der Waals surface area contributed by atoms with E-state index >= 15 is 0 Å². The van der Waals surface area contributed by atoms with Crippen molar-refractivity contribution in [1.82, 2.24) is 0 Å². The molecule has 0 saturated heterocycles. The molecule has 0 aliphatic carbocycles. The Bertz CT molecular complexity index is 326. The zero-order chi connectivity index (χ0) is 11.1. The number of hydrogen-bond donors (Lipinski definition) is 0. The third-order valence-electron chi connectivity index (χ3n) is 2.58. The van der Waals surface area contributed by atoms with Crippen molar-refractivity contribution in [2.24, 2.45) is 0 Å². The van der Waals surface area contributed by atoms with Gasteiger partial charge in [-0.15, -0.1) is 0 Å². The molecule has 82 valence electrons. The van der Waals surface area contributed by atoms with Gasteiger partial charge in [-0.25, -0.2) is 0 Å². The van der Waals surface area contributed by atoms with Gasteiger partial charge >= 0.3 is 0 Å². The molecule has 0 spiro atoms. The Kier molecular flexibility index (Phi) is 4.96. The molecule has 0 aliphatic rings. The highest BCUT2D eigenvalue weighted by molar-refractivity contribution is 5.26. The van der Waals surface area contributed by atoms with Gasteiger partial charge < -0.3 is 4.74 Å². The van der Waals surface area contributed by atoms with E-state index in [0.717, 1.165) is 18.6 Å². The quantitative estimate of drug-likeness (QED) is 0.657. The minimum Gasteiger partial charge on any atom is -0.494 e. The van der Waals surface area contributed by atoms with Gasteiger partial charge in [-0.05, 0) is 30.5 Å². The fraction of sp³-hybridized carbons (Fsp3) is 0.429. The second-order valence-corrected chi connectivity index (χ2v) is 3.52. The van der Waals surface area contributed by atoms with Crippen LogP contribution < -0.4 is 0 Å². The largest absolute Gasteiger partial charge is 0.494 e. The number of hydrogen-bond acceptors (Lipinski definition) is 1. The molecule has 1 rings (SSSR count). The van der Waals surface area contributed by atoms with Crippen LogP contribution in [0.25, 0.3) is 0 Å². The Morgan fingerprint density at radius 1 is 1.20 bits per heavy atom. The van der Waals surface area contributed by atoms with E-state index in [2.05, 4.69) is 38.1 Å². The molecule has 0 radical (unpaired) electrons. The first-order chi connectivity index (χ1) is 7.31. The number of benzene rings is 1. The molecule has 1 aromatic rings. The van der Waals surface area contributed by atoms with Crippen LogP contribution in [0.4, 0.5) is 0 Å². The number of allylic oxidation sites excluding steroid dienone is 2. The fourth-order valence-corrected chi connectivity index (χ4v) is 1.60. The van der Waals surface area contributed by atoms with Gasteiger partial charge in [0, 0.05) is 6.42 Å². The average molecular weight is 204 g/mol. The molecule has 15 heavy (non-hydrogen) atoms. The second kappa shape index (κ2) is 6.28. The van der Waals surface area contributed by atoms with Crippen molar-refractivity contribution in [3.05, 3.63) is 47.2 Å². The number of rotatable bonds is 5. The second-order valence-electron chi connectivity index (χ2n) is 3.52. The van der Waals surface area contributed by atoms with E-state index in [1.165, 1.54) is 11.1 Å². The summed E-state index contributed by atoms with van der Waals surface area (Å²) in [6.07, 6.45) is 4.07. The van der Waals surface area contributed by atoms with Gasteiger partial charge in [0.25, 0.3) is 0 Å². The highest BCUT2D eigenvalue weighted by Gasteiger charge is 2.00. The number of aryl methyl sites for hydroxylation is 1.